The van der Waals surface area contributed by atoms with Crippen molar-refractivity contribution in [1.29, 1.82) is 0 Å². The summed E-state index contributed by atoms with van der Waals surface area (Å²) in [7, 11) is 0. The van der Waals surface area contributed by atoms with E-state index in [1.807, 2.05) is 6.92 Å². The van der Waals surface area contributed by atoms with Gasteiger partial charge in [-0.25, -0.2) is 0 Å². The van der Waals surface area contributed by atoms with Crippen LogP contribution < -0.4 is 17.2 Å². The van der Waals surface area contributed by atoms with Crippen LogP contribution in [0.4, 0.5) is 0 Å². The zero-order valence-electron chi connectivity index (χ0n) is 10.5. The summed E-state index contributed by atoms with van der Waals surface area (Å²) in [6.07, 6.45) is 4.10. The molecule has 0 aliphatic rings. The van der Waals surface area contributed by atoms with Crippen LogP contribution in [0.3, 0.4) is 0 Å². The van der Waals surface area contributed by atoms with Crippen LogP contribution in [0, 0.1) is 0 Å². The summed E-state index contributed by atoms with van der Waals surface area (Å²) in [5.74, 6) is -0.228. The van der Waals surface area contributed by atoms with E-state index in [0.29, 0.717) is 19.6 Å². The van der Waals surface area contributed by atoms with E-state index in [2.05, 4.69) is 4.99 Å². The highest BCUT2D eigenvalue weighted by Crippen LogP contribution is 2.02. The Labute approximate surface area is 103 Å². The fraction of sp³-hybridized carbons (Fsp3) is 0.818. The topological polar surface area (TPSA) is 117 Å². The van der Waals surface area contributed by atoms with Crippen molar-refractivity contribution in [1.82, 2.24) is 0 Å². The highest BCUT2D eigenvalue weighted by atomic mass is 16.5. The molecular formula is C11H24N4O2. The van der Waals surface area contributed by atoms with Crippen LogP contribution in [0.1, 0.15) is 39.0 Å². The van der Waals surface area contributed by atoms with E-state index in [-0.39, 0.29) is 11.9 Å². The van der Waals surface area contributed by atoms with Gasteiger partial charge in [0, 0.05) is 6.54 Å². The molecule has 0 aliphatic heterocycles. The summed E-state index contributed by atoms with van der Waals surface area (Å²) in [6.45, 7) is 3.06. The summed E-state index contributed by atoms with van der Waals surface area (Å²) >= 11 is 0. The quantitative estimate of drug-likeness (QED) is 0.230. The van der Waals surface area contributed by atoms with Crippen molar-refractivity contribution in [2.45, 2.75) is 45.1 Å². The Hall–Kier alpha value is -1.30. The number of hydrogen-bond donors (Lipinski definition) is 3. The predicted molar refractivity (Wildman–Crippen MR) is 68.4 cm³/mol. The van der Waals surface area contributed by atoms with Crippen molar-refractivity contribution >= 4 is 11.9 Å². The van der Waals surface area contributed by atoms with Gasteiger partial charge in [0.15, 0.2) is 5.96 Å². The van der Waals surface area contributed by atoms with Crippen LogP contribution >= 0.6 is 0 Å². The summed E-state index contributed by atoms with van der Waals surface area (Å²) < 4.78 is 5.01. The third kappa shape index (κ3) is 9.62. The lowest BCUT2D eigenvalue weighted by atomic mass is 10.1. The van der Waals surface area contributed by atoms with E-state index in [1.165, 1.54) is 0 Å². The summed E-state index contributed by atoms with van der Waals surface area (Å²) in [5.41, 5.74) is 16.0. The summed E-state index contributed by atoms with van der Waals surface area (Å²) in [4.78, 5) is 15.2. The van der Waals surface area contributed by atoms with Crippen molar-refractivity contribution in [2.24, 2.45) is 22.2 Å². The van der Waals surface area contributed by atoms with Gasteiger partial charge in [-0.2, -0.15) is 0 Å². The molecule has 0 saturated heterocycles. The van der Waals surface area contributed by atoms with Crippen LogP contribution in [0.5, 0.6) is 0 Å². The maximum atomic E-state index is 11.4. The molecule has 0 aromatic heterocycles. The van der Waals surface area contributed by atoms with Gasteiger partial charge in [0.2, 0.25) is 0 Å². The minimum absolute atomic E-state index is 0.0910. The number of nitrogens with two attached hydrogens (primary N) is 3. The Balaban J connectivity index is 3.53. The average Bonchev–Trinajstić information content (AvgIpc) is 2.28. The maximum absolute atomic E-state index is 11.4. The molecule has 0 aromatic rings. The van der Waals surface area contributed by atoms with Crippen molar-refractivity contribution in [3.8, 4) is 0 Å². The van der Waals surface area contributed by atoms with Crippen LogP contribution in [0.25, 0.3) is 0 Å². The van der Waals surface area contributed by atoms with Gasteiger partial charge in [-0.05, 0) is 25.7 Å². The molecule has 0 rings (SSSR count). The normalized spacial score (nSPS) is 11.9. The molecule has 0 heterocycles. The molecule has 6 nitrogen and oxygen atoms in total. The van der Waals surface area contributed by atoms with Crippen LogP contribution in [0.2, 0.25) is 0 Å². The molecule has 6 heteroatoms. The lowest BCUT2D eigenvalue weighted by Gasteiger charge is -2.10. The highest BCUT2D eigenvalue weighted by Gasteiger charge is 2.13. The van der Waals surface area contributed by atoms with Gasteiger partial charge in [0.1, 0.15) is 6.04 Å². The Morgan fingerprint density at radius 2 is 2.00 bits per heavy atom. The van der Waals surface area contributed by atoms with E-state index in [0.717, 1.165) is 25.7 Å². The van der Waals surface area contributed by atoms with E-state index in [1.54, 1.807) is 0 Å². The molecule has 0 bridgehead atoms. The van der Waals surface area contributed by atoms with Crippen molar-refractivity contribution in [2.75, 3.05) is 13.2 Å². The number of aliphatic imine (C=N–C) groups is 1. The second-order valence-corrected chi connectivity index (χ2v) is 3.93. The standard InChI is InChI=1S/C11H24N4O2/c1-2-3-8-17-10(16)9(12)6-4-5-7-15-11(13)14/h9H,2-8,12H2,1H3,(H4,13,14,15). The lowest BCUT2D eigenvalue weighted by Crippen LogP contribution is -2.32. The largest absolute Gasteiger partial charge is 0.465 e. The molecule has 1 unspecified atom stereocenters. The number of carbonyl (C=O) groups is 1. The second kappa shape index (κ2) is 9.89. The maximum Gasteiger partial charge on any atom is 0.322 e. The van der Waals surface area contributed by atoms with E-state index >= 15 is 0 Å². The number of rotatable bonds is 9. The molecule has 100 valence electrons. The molecule has 1 atom stereocenters. The van der Waals surface area contributed by atoms with Gasteiger partial charge >= 0.3 is 5.97 Å². The third-order valence-corrected chi connectivity index (χ3v) is 2.26. The third-order valence-electron chi connectivity index (χ3n) is 2.26. The van der Waals surface area contributed by atoms with Crippen LogP contribution in [0.15, 0.2) is 4.99 Å². The molecule has 17 heavy (non-hydrogen) atoms. The average molecular weight is 244 g/mol. The van der Waals surface area contributed by atoms with Crippen molar-refractivity contribution in [3.05, 3.63) is 0 Å². The smallest absolute Gasteiger partial charge is 0.322 e. The molecular weight excluding hydrogens is 220 g/mol. The van der Waals surface area contributed by atoms with Gasteiger partial charge in [0.25, 0.3) is 0 Å². The molecule has 0 amide bonds. The first kappa shape index (κ1) is 15.7. The number of hydrogen-bond acceptors (Lipinski definition) is 4. The minimum Gasteiger partial charge on any atom is -0.465 e. The monoisotopic (exact) mass is 244 g/mol. The molecule has 6 N–H and O–H groups in total. The molecule has 0 fully saturated rings. The Morgan fingerprint density at radius 1 is 1.29 bits per heavy atom. The highest BCUT2D eigenvalue weighted by molar-refractivity contribution is 5.75. The van der Waals surface area contributed by atoms with Crippen molar-refractivity contribution in [3.63, 3.8) is 0 Å². The second-order valence-electron chi connectivity index (χ2n) is 3.93. The van der Waals surface area contributed by atoms with E-state index in [4.69, 9.17) is 21.9 Å². The summed E-state index contributed by atoms with van der Waals surface area (Å²) in [5, 5.41) is 0. The number of ether oxygens (including phenoxy) is 1. The van der Waals surface area contributed by atoms with Gasteiger partial charge < -0.3 is 21.9 Å². The first-order chi connectivity index (χ1) is 8.07. The lowest BCUT2D eigenvalue weighted by molar-refractivity contribution is -0.145. The molecule has 0 spiro atoms. The van der Waals surface area contributed by atoms with E-state index in [9.17, 15) is 4.79 Å². The van der Waals surface area contributed by atoms with Crippen LogP contribution in [-0.4, -0.2) is 31.1 Å². The minimum atomic E-state index is -0.536. The zero-order chi connectivity index (χ0) is 13.1. The van der Waals surface area contributed by atoms with Crippen LogP contribution in [-0.2, 0) is 9.53 Å². The molecule has 0 aromatic carbocycles. The number of carbonyl (C=O) groups excluding carboxylic acids is 1. The van der Waals surface area contributed by atoms with E-state index < -0.39 is 6.04 Å². The molecule has 0 saturated carbocycles. The molecule has 0 radical (unpaired) electrons. The number of guanidine groups is 1. The molecule has 0 aliphatic carbocycles. The first-order valence-corrected chi connectivity index (χ1v) is 6.05. The van der Waals surface area contributed by atoms with Gasteiger partial charge in [-0.15, -0.1) is 0 Å². The Bertz CT molecular complexity index is 240. The SMILES string of the molecule is CCCCOC(=O)C(N)CCCCN=C(N)N. The summed E-state index contributed by atoms with van der Waals surface area (Å²) in [6, 6.07) is -0.536. The number of unbranched alkanes of at least 4 members (excludes halogenated alkanes) is 2. The Morgan fingerprint density at radius 3 is 2.59 bits per heavy atom. The van der Waals surface area contributed by atoms with Gasteiger partial charge in [-0.1, -0.05) is 13.3 Å². The van der Waals surface area contributed by atoms with Crippen molar-refractivity contribution < 1.29 is 9.53 Å². The van der Waals surface area contributed by atoms with Gasteiger partial charge in [-0.3, -0.25) is 9.79 Å². The zero-order valence-corrected chi connectivity index (χ0v) is 10.5. The van der Waals surface area contributed by atoms with Gasteiger partial charge in [0.05, 0.1) is 6.61 Å². The fourth-order valence-electron chi connectivity index (χ4n) is 1.23. The number of nitrogens with zero attached hydrogens (tertiary/aromatic N) is 1. The number of esters is 1. The first-order valence-electron chi connectivity index (χ1n) is 6.05. The predicted octanol–water partition coefficient (Wildman–Crippen LogP) is 0.101. The Kier molecular flexibility index (Phi) is 9.14. The fourth-order valence-corrected chi connectivity index (χ4v) is 1.23.